The summed E-state index contributed by atoms with van der Waals surface area (Å²) in [5.74, 6) is -1.45. The monoisotopic (exact) mass is 265 g/mol. The summed E-state index contributed by atoms with van der Waals surface area (Å²) in [6, 6.07) is 1.96. The first-order valence-corrected chi connectivity index (χ1v) is 4.88. The zero-order valence-electron chi connectivity index (χ0n) is 7.30. The maximum absolute atomic E-state index is 13.1. The summed E-state index contributed by atoms with van der Waals surface area (Å²) in [6.45, 7) is 0.246. The molecule has 5 heteroatoms. The Bertz CT molecular complexity index is 333. The highest BCUT2D eigenvalue weighted by Crippen LogP contribution is 2.25. The minimum Gasteiger partial charge on any atom is -0.388 e. The first kappa shape index (κ1) is 11.6. The molecule has 0 saturated heterocycles. The number of hydrogen-bond acceptors (Lipinski definition) is 2. The molecule has 0 aliphatic rings. The Morgan fingerprint density at radius 1 is 1.36 bits per heavy atom. The third kappa shape index (κ3) is 2.50. The average Bonchev–Trinajstić information content (AvgIpc) is 2.11. The molecule has 0 fully saturated rings. The first-order valence-electron chi connectivity index (χ1n) is 4.09. The van der Waals surface area contributed by atoms with Crippen LogP contribution >= 0.6 is 15.9 Å². The largest absolute Gasteiger partial charge is 0.388 e. The fourth-order valence-corrected chi connectivity index (χ4v) is 1.47. The molecule has 14 heavy (non-hydrogen) atoms. The van der Waals surface area contributed by atoms with Gasteiger partial charge in [0.25, 0.3) is 0 Å². The second-order valence-corrected chi connectivity index (χ2v) is 3.74. The van der Waals surface area contributed by atoms with Crippen molar-refractivity contribution < 1.29 is 13.9 Å². The summed E-state index contributed by atoms with van der Waals surface area (Å²) in [5, 5.41) is 9.45. The highest BCUT2D eigenvalue weighted by Gasteiger charge is 2.14. The van der Waals surface area contributed by atoms with E-state index in [0.717, 1.165) is 6.07 Å². The van der Waals surface area contributed by atoms with Gasteiger partial charge in [0.2, 0.25) is 0 Å². The highest BCUT2D eigenvalue weighted by atomic mass is 79.9. The molecule has 2 nitrogen and oxygen atoms in total. The van der Waals surface area contributed by atoms with Gasteiger partial charge in [-0.2, -0.15) is 0 Å². The van der Waals surface area contributed by atoms with Crippen molar-refractivity contribution in [3.05, 3.63) is 33.8 Å². The molecule has 0 saturated carbocycles. The lowest BCUT2D eigenvalue weighted by molar-refractivity contribution is 0.165. The predicted molar refractivity (Wildman–Crippen MR) is 52.7 cm³/mol. The van der Waals surface area contributed by atoms with Gasteiger partial charge in [0.15, 0.2) is 0 Å². The Morgan fingerprint density at radius 2 is 2.00 bits per heavy atom. The molecule has 0 heterocycles. The number of nitrogens with two attached hydrogens (primary N) is 1. The van der Waals surface area contributed by atoms with Gasteiger partial charge in [0, 0.05) is 11.6 Å². The number of benzene rings is 1. The second kappa shape index (κ2) is 4.82. The number of aliphatic hydroxyl groups is 1. The third-order valence-electron chi connectivity index (χ3n) is 1.84. The van der Waals surface area contributed by atoms with Crippen molar-refractivity contribution in [2.45, 2.75) is 12.5 Å². The zero-order chi connectivity index (χ0) is 10.7. The smallest absolute Gasteiger partial charge is 0.140 e. The van der Waals surface area contributed by atoms with Crippen molar-refractivity contribution in [2.24, 2.45) is 5.73 Å². The van der Waals surface area contributed by atoms with E-state index in [2.05, 4.69) is 15.9 Å². The molecular weight excluding hydrogens is 256 g/mol. The Labute approximate surface area is 88.9 Å². The van der Waals surface area contributed by atoms with Crippen LogP contribution in [0.4, 0.5) is 8.78 Å². The van der Waals surface area contributed by atoms with Crippen LogP contribution < -0.4 is 5.73 Å². The van der Waals surface area contributed by atoms with Crippen molar-refractivity contribution >= 4 is 15.9 Å². The molecule has 1 aromatic carbocycles. The van der Waals surface area contributed by atoms with Crippen LogP contribution in [0, 0.1) is 11.6 Å². The fourth-order valence-electron chi connectivity index (χ4n) is 1.11. The van der Waals surface area contributed by atoms with Crippen LogP contribution in [0.1, 0.15) is 18.1 Å². The molecule has 0 aromatic heterocycles. The van der Waals surface area contributed by atoms with Crippen LogP contribution in [0.15, 0.2) is 16.6 Å². The van der Waals surface area contributed by atoms with Crippen LogP contribution in [-0.4, -0.2) is 11.7 Å². The van der Waals surface area contributed by atoms with Crippen LogP contribution in [0.5, 0.6) is 0 Å². The molecule has 0 amide bonds. The molecule has 3 N–H and O–H groups in total. The van der Waals surface area contributed by atoms with Gasteiger partial charge < -0.3 is 10.8 Å². The zero-order valence-corrected chi connectivity index (χ0v) is 8.89. The van der Waals surface area contributed by atoms with E-state index in [1.807, 2.05) is 0 Å². The quantitative estimate of drug-likeness (QED) is 0.823. The summed E-state index contributed by atoms with van der Waals surface area (Å²) in [7, 11) is 0. The molecule has 1 unspecified atom stereocenters. The summed E-state index contributed by atoms with van der Waals surface area (Å²) in [4.78, 5) is 0. The fraction of sp³-hybridized carbons (Fsp3) is 0.333. The Balaban J connectivity index is 3.02. The third-order valence-corrected chi connectivity index (χ3v) is 2.45. The molecule has 1 atom stereocenters. The standard InChI is InChI=1S/C9H10BrF2NO/c10-6-3-5(9(14)1-2-13)7(11)4-8(6)12/h3-4,9,14H,1-2,13H2. The molecular formula is C9H10BrF2NO. The van der Waals surface area contributed by atoms with E-state index in [0.29, 0.717) is 0 Å². The van der Waals surface area contributed by atoms with Crippen LogP contribution in [0.2, 0.25) is 0 Å². The van der Waals surface area contributed by atoms with Gasteiger partial charge in [-0.3, -0.25) is 0 Å². The number of hydrogen-bond donors (Lipinski definition) is 2. The van der Waals surface area contributed by atoms with Gasteiger partial charge in [0.05, 0.1) is 10.6 Å². The van der Waals surface area contributed by atoms with E-state index in [9.17, 15) is 13.9 Å². The average molecular weight is 266 g/mol. The van der Waals surface area contributed by atoms with Gasteiger partial charge in [-0.15, -0.1) is 0 Å². The highest BCUT2D eigenvalue weighted by molar-refractivity contribution is 9.10. The van der Waals surface area contributed by atoms with Gasteiger partial charge in [-0.25, -0.2) is 8.78 Å². The summed E-state index contributed by atoms with van der Waals surface area (Å²) in [6.07, 6.45) is -0.744. The molecule has 1 aromatic rings. The Morgan fingerprint density at radius 3 is 2.57 bits per heavy atom. The van der Waals surface area contributed by atoms with Crippen LogP contribution in [-0.2, 0) is 0 Å². The molecule has 1 rings (SSSR count). The lowest BCUT2D eigenvalue weighted by Gasteiger charge is -2.11. The Kier molecular flexibility index (Phi) is 3.97. The van der Waals surface area contributed by atoms with E-state index < -0.39 is 17.7 Å². The van der Waals surface area contributed by atoms with E-state index in [1.54, 1.807) is 0 Å². The van der Waals surface area contributed by atoms with Gasteiger partial charge in [0.1, 0.15) is 11.6 Å². The van der Waals surface area contributed by atoms with Gasteiger partial charge in [-0.05, 0) is 35.0 Å². The molecule has 0 aliphatic carbocycles. The summed E-state index contributed by atoms with van der Waals surface area (Å²) in [5.41, 5.74) is 5.28. The second-order valence-electron chi connectivity index (χ2n) is 2.88. The van der Waals surface area contributed by atoms with Crippen LogP contribution in [0.3, 0.4) is 0 Å². The van der Waals surface area contributed by atoms with E-state index >= 15 is 0 Å². The first-order chi connectivity index (χ1) is 6.56. The molecule has 0 radical (unpaired) electrons. The summed E-state index contributed by atoms with van der Waals surface area (Å²) >= 11 is 2.92. The molecule has 0 aliphatic heterocycles. The van der Waals surface area contributed by atoms with Crippen molar-refractivity contribution in [3.63, 3.8) is 0 Å². The molecule has 0 bridgehead atoms. The lowest BCUT2D eigenvalue weighted by atomic mass is 10.1. The number of rotatable bonds is 3. The van der Waals surface area contributed by atoms with Crippen molar-refractivity contribution in [3.8, 4) is 0 Å². The maximum Gasteiger partial charge on any atom is 0.140 e. The van der Waals surface area contributed by atoms with Crippen LogP contribution in [0.25, 0.3) is 0 Å². The normalized spacial score (nSPS) is 12.9. The van der Waals surface area contributed by atoms with E-state index in [1.165, 1.54) is 6.07 Å². The van der Waals surface area contributed by atoms with Gasteiger partial charge >= 0.3 is 0 Å². The molecule has 0 spiro atoms. The number of aliphatic hydroxyl groups excluding tert-OH is 1. The molecule has 78 valence electrons. The lowest BCUT2D eigenvalue weighted by Crippen LogP contribution is -2.08. The maximum atomic E-state index is 13.1. The SMILES string of the molecule is NCCC(O)c1cc(Br)c(F)cc1F. The minimum absolute atomic E-state index is 0.0590. The van der Waals surface area contributed by atoms with Crippen molar-refractivity contribution in [1.82, 2.24) is 0 Å². The Hall–Kier alpha value is -0.520. The van der Waals surface area contributed by atoms with E-state index in [-0.39, 0.29) is 23.0 Å². The topological polar surface area (TPSA) is 46.2 Å². The number of halogens is 3. The predicted octanol–water partition coefficient (Wildman–Crippen LogP) is 2.11. The van der Waals surface area contributed by atoms with Crippen molar-refractivity contribution in [2.75, 3.05) is 6.54 Å². The van der Waals surface area contributed by atoms with E-state index in [4.69, 9.17) is 5.73 Å². The summed E-state index contributed by atoms with van der Waals surface area (Å²) < 4.78 is 26.1. The minimum atomic E-state index is -0.989. The van der Waals surface area contributed by atoms with Gasteiger partial charge in [-0.1, -0.05) is 0 Å². The van der Waals surface area contributed by atoms with Crippen molar-refractivity contribution in [1.29, 1.82) is 0 Å².